The smallest absolute Gasteiger partial charge is 0.311 e. The normalized spacial score (nSPS) is 11.3. The highest BCUT2D eigenvalue weighted by molar-refractivity contribution is 6.08. The Hall–Kier alpha value is -2.35. The number of hydrogen-bond donors (Lipinski definition) is 0. The van der Waals surface area contributed by atoms with E-state index in [1.54, 1.807) is 0 Å². The first-order chi connectivity index (χ1) is 15.2. The summed E-state index contributed by atoms with van der Waals surface area (Å²) >= 11 is 0. The number of hydrogen-bond acceptors (Lipinski definition) is 2. The summed E-state index contributed by atoms with van der Waals surface area (Å²) in [7, 11) is 0. The highest BCUT2D eigenvalue weighted by Gasteiger charge is 2.08. The van der Waals surface area contributed by atoms with Crippen LogP contribution in [0, 0.1) is 0 Å². The molecule has 0 amide bonds. The highest BCUT2D eigenvalue weighted by Crippen LogP contribution is 2.29. The second-order valence-corrected chi connectivity index (χ2v) is 8.81. The van der Waals surface area contributed by atoms with E-state index >= 15 is 0 Å². The van der Waals surface area contributed by atoms with E-state index in [2.05, 4.69) is 50.2 Å². The van der Waals surface area contributed by atoms with Crippen LogP contribution in [0.2, 0.25) is 0 Å². The predicted octanol–water partition coefficient (Wildman–Crippen LogP) is 8.77. The van der Waals surface area contributed by atoms with Crippen molar-refractivity contribution in [2.75, 3.05) is 0 Å². The highest BCUT2D eigenvalue weighted by atomic mass is 16.5. The lowest BCUT2D eigenvalue weighted by Gasteiger charge is -2.09. The molecule has 0 aromatic heterocycles. The van der Waals surface area contributed by atoms with Crippen molar-refractivity contribution in [3.05, 3.63) is 54.1 Å². The Bertz CT molecular complexity index is 973. The van der Waals surface area contributed by atoms with Gasteiger partial charge in [-0.05, 0) is 58.5 Å². The third-order valence-electron chi connectivity index (χ3n) is 6.16. The summed E-state index contributed by atoms with van der Waals surface area (Å²) in [6, 6.07) is 17.2. The van der Waals surface area contributed by atoms with Crippen molar-refractivity contribution in [1.82, 2.24) is 0 Å². The number of carbonyl (C=O) groups is 1. The molecule has 3 aromatic carbocycles. The number of benzene rings is 3. The molecule has 166 valence electrons. The fraction of sp³-hybridized carbons (Fsp3) is 0.483. The maximum absolute atomic E-state index is 12.2. The SMILES string of the molecule is CCCCCCCCC(=O)Oc1ccc2c(ccc3cc(CCCCCC)ccc32)c1. The molecule has 0 unspecified atom stereocenters. The second kappa shape index (κ2) is 12.5. The Balaban J connectivity index is 1.60. The van der Waals surface area contributed by atoms with Crippen molar-refractivity contribution in [2.24, 2.45) is 0 Å². The monoisotopic (exact) mass is 418 g/mol. The summed E-state index contributed by atoms with van der Waals surface area (Å²) in [6.07, 6.45) is 13.9. The number of carbonyl (C=O) groups excluding carboxylic acids is 1. The molecule has 0 N–H and O–H groups in total. The average Bonchev–Trinajstić information content (AvgIpc) is 2.78. The van der Waals surface area contributed by atoms with Gasteiger partial charge >= 0.3 is 5.97 Å². The molecule has 0 aliphatic heterocycles. The molecule has 2 nitrogen and oxygen atoms in total. The maximum atomic E-state index is 12.2. The average molecular weight is 419 g/mol. The van der Waals surface area contributed by atoms with Crippen LogP contribution in [-0.2, 0) is 11.2 Å². The molecule has 2 heteroatoms. The Morgan fingerprint density at radius 2 is 1.29 bits per heavy atom. The van der Waals surface area contributed by atoms with E-state index < -0.39 is 0 Å². The van der Waals surface area contributed by atoms with Gasteiger partial charge in [0.05, 0.1) is 0 Å². The number of aryl methyl sites for hydroxylation is 1. The fourth-order valence-corrected chi connectivity index (χ4v) is 4.31. The zero-order valence-corrected chi connectivity index (χ0v) is 19.4. The van der Waals surface area contributed by atoms with E-state index in [0.29, 0.717) is 12.2 Å². The summed E-state index contributed by atoms with van der Waals surface area (Å²) in [5, 5.41) is 4.88. The van der Waals surface area contributed by atoms with Crippen LogP contribution >= 0.6 is 0 Å². The Kier molecular flexibility index (Phi) is 9.39. The summed E-state index contributed by atoms with van der Waals surface area (Å²) in [6.45, 7) is 4.47. The largest absolute Gasteiger partial charge is 0.427 e. The van der Waals surface area contributed by atoms with E-state index in [0.717, 1.165) is 24.6 Å². The second-order valence-electron chi connectivity index (χ2n) is 8.81. The van der Waals surface area contributed by atoms with Gasteiger partial charge in [-0.1, -0.05) is 102 Å². The van der Waals surface area contributed by atoms with E-state index in [4.69, 9.17) is 4.74 Å². The molecule has 0 saturated heterocycles. The molecule has 0 heterocycles. The van der Waals surface area contributed by atoms with Gasteiger partial charge in [0, 0.05) is 6.42 Å². The minimum atomic E-state index is -0.122. The molecule has 0 spiro atoms. The molecule has 0 atom stereocenters. The van der Waals surface area contributed by atoms with Gasteiger partial charge in [-0.2, -0.15) is 0 Å². The summed E-state index contributed by atoms with van der Waals surface area (Å²) in [5.74, 6) is 0.527. The minimum absolute atomic E-state index is 0.122. The van der Waals surface area contributed by atoms with E-state index in [-0.39, 0.29) is 5.97 Å². The Morgan fingerprint density at radius 3 is 2.03 bits per heavy atom. The van der Waals surface area contributed by atoms with Crippen LogP contribution in [0.1, 0.15) is 90.0 Å². The van der Waals surface area contributed by atoms with Crippen LogP contribution in [0.4, 0.5) is 0 Å². The predicted molar refractivity (Wildman–Crippen MR) is 133 cm³/mol. The van der Waals surface area contributed by atoms with Crippen molar-refractivity contribution in [3.63, 3.8) is 0 Å². The molecule has 0 aliphatic carbocycles. The van der Waals surface area contributed by atoms with Crippen LogP contribution in [0.5, 0.6) is 5.75 Å². The summed E-state index contributed by atoms with van der Waals surface area (Å²) < 4.78 is 5.61. The molecule has 31 heavy (non-hydrogen) atoms. The van der Waals surface area contributed by atoms with Gasteiger partial charge in [-0.25, -0.2) is 0 Å². The van der Waals surface area contributed by atoms with Gasteiger partial charge < -0.3 is 4.74 Å². The third-order valence-corrected chi connectivity index (χ3v) is 6.16. The molecule has 0 bridgehead atoms. The van der Waals surface area contributed by atoms with Gasteiger partial charge in [0.2, 0.25) is 0 Å². The molecule has 0 aliphatic rings. The van der Waals surface area contributed by atoms with E-state index in [1.165, 1.54) is 73.1 Å². The van der Waals surface area contributed by atoms with Crippen LogP contribution in [0.25, 0.3) is 21.5 Å². The number of rotatable bonds is 13. The van der Waals surface area contributed by atoms with Gasteiger partial charge in [-0.3, -0.25) is 4.79 Å². The van der Waals surface area contributed by atoms with Crippen LogP contribution in [0.15, 0.2) is 48.5 Å². The zero-order valence-electron chi connectivity index (χ0n) is 19.4. The van der Waals surface area contributed by atoms with Crippen molar-refractivity contribution in [2.45, 2.75) is 90.9 Å². The quantitative estimate of drug-likeness (QED) is 0.120. The number of esters is 1. The minimum Gasteiger partial charge on any atom is -0.427 e. The Morgan fingerprint density at radius 1 is 0.677 bits per heavy atom. The zero-order chi connectivity index (χ0) is 21.9. The third kappa shape index (κ3) is 7.09. The van der Waals surface area contributed by atoms with Crippen molar-refractivity contribution in [3.8, 4) is 5.75 Å². The van der Waals surface area contributed by atoms with Crippen molar-refractivity contribution < 1.29 is 9.53 Å². The lowest BCUT2D eigenvalue weighted by Crippen LogP contribution is -2.07. The summed E-state index contributed by atoms with van der Waals surface area (Å²) in [4.78, 5) is 12.2. The lowest BCUT2D eigenvalue weighted by molar-refractivity contribution is -0.134. The standard InChI is InChI=1S/C29H38O2/c1-3-5-7-9-10-12-14-29(30)31-26-18-20-28-25(22-26)17-16-24-21-23(15-19-27(24)28)13-11-8-6-4-2/h15-22H,3-14H2,1-2H3. The molecule has 0 fully saturated rings. The number of unbranched alkanes of at least 4 members (excludes halogenated alkanes) is 8. The maximum Gasteiger partial charge on any atom is 0.311 e. The topological polar surface area (TPSA) is 26.3 Å². The first-order valence-corrected chi connectivity index (χ1v) is 12.4. The fourth-order valence-electron chi connectivity index (χ4n) is 4.31. The van der Waals surface area contributed by atoms with Crippen LogP contribution in [-0.4, -0.2) is 5.97 Å². The Labute approximate surface area is 188 Å². The lowest BCUT2D eigenvalue weighted by atomic mass is 9.98. The van der Waals surface area contributed by atoms with E-state index in [9.17, 15) is 4.79 Å². The molecule has 3 aromatic rings. The molecule has 0 radical (unpaired) electrons. The molecular formula is C29H38O2. The van der Waals surface area contributed by atoms with Gasteiger partial charge in [0.25, 0.3) is 0 Å². The van der Waals surface area contributed by atoms with Crippen molar-refractivity contribution >= 4 is 27.5 Å². The first-order valence-electron chi connectivity index (χ1n) is 12.4. The van der Waals surface area contributed by atoms with Gasteiger partial charge in [-0.15, -0.1) is 0 Å². The van der Waals surface area contributed by atoms with Crippen LogP contribution in [0.3, 0.4) is 0 Å². The molecule has 0 saturated carbocycles. The number of ether oxygens (including phenoxy) is 1. The van der Waals surface area contributed by atoms with E-state index in [1.807, 2.05) is 12.1 Å². The number of fused-ring (bicyclic) bond motifs is 3. The first kappa shape index (κ1) is 23.3. The molecular weight excluding hydrogens is 380 g/mol. The summed E-state index contributed by atoms with van der Waals surface area (Å²) in [5.41, 5.74) is 1.42. The van der Waals surface area contributed by atoms with Gasteiger partial charge in [0.15, 0.2) is 0 Å². The van der Waals surface area contributed by atoms with Crippen molar-refractivity contribution in [1.29, 1.82) is 0 Å². The molecule has 3 rings (SSSR count). The van der Waals surface area contributed by atoms with Crippen LogP contribution < -0.4 is 4.74 Å². The van der Waals surface area contributed by atoms with Gasteiger partial charge in [0.1, 0.15) is 5.75 Å².